The molecule has 0 aromatic rings. The number of carboxylic acid groups (broad SMARTS) is 2. The van der Waals surface area contributed by atoms with Crippen LogP contribution in [0, 0.1) is 62.6 Å². The van der Waals surface area contributed by atoms with E-state index >= 15 is 0 Å². The number of carbonyl (C=O) groups is 2. The van der Waals surface area contributed by atoms with Gasteiger partial charge in [-0.3, -0.25) is 9.59 Å². The predicted octanol–water partition coefficient (Wildman–Crippen LogP) is 8.21. The number of allylic oxidation sites excluding steroid dienone is 1. The van der Waals surface area contributed by atoms with E-state index < -0.39 is 11.9 Å². The molecule has 5 aliphatic carbocycles. The highest BCUT2D eigenvalue weighted by Gasteiger charge is 2.70. The molecule has 0 aromatic carbocycles. The highest BCUT2D eigenvalue weighted by atomic mass is 16.4. The summed E-state index contributed by atoms with van der Waals surface area (Å²) in [6, 6.07) is 0. The van der Waals surface area contributed by atoms with E-state index in [-0.39, 0.29) is 33.0 Å². The summed E-state index contributed by atoms with van der Waals surface area (Å²) in [5.41, 5.74) is 1.97. The van der Waals surface area contributed by atoms with Gasteiger partial charge in [0.25, 0.3) is 0 Å². The molecular weight excluding hydrogens is 460 g/mol. The van der Waals surface area contributed by atoms with Crippen LogP contribution in [0.5, 0.6) is 0 Å². The fourth-order valence-corrected chi connectivity index (χ4v) is 12.5. The molecule has 0 radical (unpaired) electrons. The fraction of sp³-hybridized carbons (Fsp3) is 0.879. The van der Waals surface area contributed by atoms with E-state index in [9.17, 15) is 19.8 Å². The van der Waals surface area contributed by atoms with Crippen molar-refractivity contribution in [2.75, 3.05) is 0 Å². The van der Waals surface area contributed by atoms with Gasteiger partial charge in [0.2, 0.25) is 0 Å². The zero-order valence-corrected chi connectivity index (χ0v) is 24.4. The molecule has 5 rings (SSSR count). The van der Waals surface area contributed by atoms with Gasteiger partial charge in [0.15, 0.2) is 0 Å². The predicted molar refractivity (Wildman–Crippen MR) is 147 cm³/mol. The largest absolute Gasteiger partial charge is 0.481 e. The van der Waals surface area contributed by atoms with Gasteiger partial charge in [0.05, 0.1) is 6.42 Å². The van der Waals surface area contributed by atoms with Gasteiger partial charge in [-0.25, -0.2) is 0 Å². The molecule has 4 heteroatoms. The van der Waals surface area contributed by atoms with Crippen LogP contribution in [0.25, 0.3) is 0 Å². The van der Waals surface area contributed by atoms with Crippen LogP contribution in [0.3, 0.4) is 0 Å². The molecule has 37 heavy (non-hydrogen) atoms. The average molecular weight is 513 g/mol. The second kappa shape index (κ2) is 8.59. The third-order valence-corrected chi connectivity index (χ3v) is 14.4. The fourth-order valence-electron chi connectivity index (χ4n) is 12.5. The van der Waals surface area contributed by atoms with E-state index in [0.717, 1.165) is 38.5 Å². The Labute approximate surface area is 225 Å². The van der Waals surface area contributed by atoms with E-state index in [2.05, 4.69) is 48.1 Å². The third-order valence-electron chi connectivity index (χ3n) is 14.4. The average Bonchev–Trinajstić information content (AvgIpc) is 3.15. The van der Waals surface area contributed by atoms with Crippen LogP contribution >= 0.6 is 0 Å². The summed E-state index contributed by atoms with van der Waals surface area (Å²) in [5, 5.41) is 19.6. The van der Waals surface area contributed by atoms with Crippen LogP contribution in [0.1, 0.15) is 119 Å². The van der Waals surface area contributed by atoms with Crippen molar-refractivity contribution in [2.45, 2.75) is 119 Å². The highest BCUT2D eigenvalue weighted by Crippen LogP contribution is 2.78. The van der Waals surface area contributed by atoms with Crippen molar-refractivity contribution in [3.63, 3.8) is 0 Å². The monoisotopic (exact) mass is 512 g/mol. The van der Waals surface area contributed by atoms with Crippen molar-refractivity contribution in [1.29, 1.82) is 0 Å². The molecule has 5 fully saturated rings. The number of aliphatic carboxylic acids is 2. The molecule has 4 nitrogen and oxygen atoms in total. The Kier molecular flexibility index (Phi) is 6.33. The highest BCUT2D eigenvalue weighted by molar-refractivity contribution is 5.68. The minimum absolute atomic E-state index is 0.0458. The summed E-state index contributed by atoms with van der Waals surface area (Å²) in [6.07, 6.45) is 12.1. The van der Waals surface area contributed by atoms with E-state index in [1.165, 1.54) is 31.3 Å². The summed E-state index contributed by atoms with van der Waals surface area (Å²) in [6.45, 7) is 19.1. The number of rotatable bonds is 5. The lowest BCUT2D eigenvalue weighted by atomic mass is 9.31. The Morgan fingerprint density at radius 2 is 1.49 bits per heavy atom. The van der Waals surface area contributed by atoms with Gasteiger partial charge < -0.3 is 10.2 Å². The molecule has 0 saturated heterocycles. The van der Waals surface area contributed by atoms with Gasteiger partial charge in [-0.05, 0) is 134 Å². The lowest BCUT2D eigenvalue weighted by molar-refractivity contribution is -0.243. The molecule has 0 heterocycles. The Balaban J connectivity index is 1.51. The molecular formula is C33H52O4. The quantitative estimate of drug-likeness (QED) is 0.364. The van der Waals surface area contributed by atoms with Gasteiger partial charge in [0.1, 0.15) is 0 Å². The SMILES string of the molecule is C=C(C)C1CCC2(CC(=O)O)CCC3(C)C(CCC4C5(C)CCC(CC(=O)O)C(C)(C)C5CCC43C)C12. The van der Waals surface area contributed by atoms with Gasteiger partial charge >= 0.3 is 11.9 Å². The van der Waals surface area contributed by atoms with E-state index in [4.69, 9.17) is 0 Å². The van der Waals surface area contributed by atoms with Crippen LogP contribution in [0.4, 0.5) is 0 Å². The normalized spacial score (nSPS) is 50.2. The minimum Gasteiger partial charge on any atom is -0.481 e. The number of hydrogen-bond acceptors (Lipinski definition) is 2. The van der Waals surface area contributed by atoms with E-state index in [0.29, 0.717) is 42.4 Å². The maximum absolute atomic E-state index is 12.1. The number of carboxylic acids is 2. The van der Waals surface area contributed by atoms with Crippen LogP contribution in [-0.4, -0.2) is 22.2 Å². The second-order valence-electron chi connectivity index (χ2n) is 15.8. The maximum atomic E-state index is 12.1. The Morgan fingerprint density at radius 1 is 0.784 bits per heavy atom. The molecule has 10 unspecified atom stereocenters. The van der Waals surface area contributed by atoms with E-state index in [1.54, 1.807) is 0 Å². The van der Waals surface area contributed by atoms with Crippen molar-refractivity contribution < 1.29 is 19.8 Å². The van der Waals surface area contributed by atoms with Gasteiger partial charge in [-0.2, -0.15) is 0 Å². The molecule has 2 N–H and O–H groups in total. The first-order valence-electron chi connectivity index (χ1n) is 15.2. The number of hydrogen-bond donors (Lipinski definition) is 2. The van der Waals surface area contributed by atoms with E-state index in [1.807, 2.05) is 0 Å². The lowest BCUT2D eigenvalue weighted by Gasteiger charge is -2.73. The van der Waals surface area contributed by atoms with Crippen molar-refractivity contribution >= 4 is 11.9 Å². The standard InChI is InChI=1S/C33H52O4/c1-20(2)22-11-15-33(19-27(36)37)17-16-31(6)23(28(22)33)8-9-25-30(5)13-10-21(18-26(34)35)29(3,4)24(30)12-14-32(25,31)7/h21-25,28H,1,8-19H2,2-7H3,(H,34,35)(H,36,37). The number of fused-ring (bicyclic) bond motifs is 7. The molecule has 10 atom stereocenters. The summed E-state index contributed by atoms with van der Waals surface area (Å²) in [5.74, 6) is 1.70. The van der Waals surface area contributed by atoms with Crippen LogP contribution in [-0.2, 0) is 9.59 Å². The molecule has 208 valence electrons. The van der Waals surface area contributed by atoms with Crippen LogP contribution in [0.15, 0.2) is 12.2 Å². The summed E-state index contributed by atoms with van der Waals surface area (Å²) in [4.78, 5) is 23.8. The first-order valence-corrected chi connectivity index (χ1v) is 15.2. The molecule has 0 aromatic heterocycles. The van der Waals surface area contributed by atoms with Gasteiger partial charge in [-0.15, -0.1) is 0 Å². The second-order valence-corrected chi connectivity index (χ2v) is 15.8. The van der Waals surface area contributed by atoms with Crippen molar-refractivity contribution in [2.24, 2.45) is 62.6 Å². The topological polar surface area (TPSA) is 74.6 Å². The smallest absolute Gasteiger partial charge is 0.303 e. The molecule has 0 amide bonds. The zero-order chi connectivity index (χ0) is 27.2. The van der Waals surface area contributed by atoms with Crippen LogP contribution in [0.2, 0.25) is 0 Å². The Morgan fingerprint density at radius 3 is 2.11 bits per heavy atom. The molecule has 0 bridgehead atoms. The molecule has 0 spiro atoms. The first-order chi connectivity index (χ1) is 17.1. The van der Waals surface area contributed by atoms with Crippen molar-refractivity contribution in [1.82, 2.24) is 0 Å². The Hall–Kier alpha value is -1.32. The lowest BCUT2D eigenvalue weighted by Crippen LogP contribution is -2.66. The summed E-state index contributed by atoms with van der Waals surface area (Å²) < 4.78 is 0. The van der Waals surface area contributed by atoms with Crippen molar-refractivity contribution in [3.8, 4) is 0 Å². The summed E-state index contributed by atoms with van der Waals surface area (Å²) in [7, 11) is 0. The molecule has 5 saturated carbocycles. The zero-order valence-electron chi connectivity index (χ0n) is 24.4. The van der Waals surface area contributed by atoms with Gasteiger partial charge in [0, 0.05) is 6.42 Å². The van der Waals surface area contributed by atoms with Crippen LogP contribution < -0.4 is 0 Å². The minimum atomic E-state index is -0.647. The van der Waals surface area contributed by atoms with Crippen molar-refractivity contribution in [3.05, 3.63) is 12.2 Å². The first kappa shape index (κ1) is 27.3. The van der Waals surface area contributed by atoms with Gasteiger partial charge in [-0.1, -0.05) is 46.8 Å². The maximum Gasteiger partial charge on any atom is 0.303 e. The summed E-state index contributed by atoms with van der Waals surface area (Å²) >= 11 is 0. The third kappa shape index (κ3) is 3.65. The molecule has 5 aliphatic rings. The molecule has 0 aliphatic heterocycles. The Bertz CT molecular complexity index is 983.